The van der Waals surface area contributed by atoms with E-state index >= 15 is 0 Å². The van der Waals surface area contributed by atoms with E-state index in [1.807, 2.05) is 18.2 Å². The number of terminal acetylenes is 1. The molecule has 4 rings (SSSR count). The zero-order chi connectivity index (χ0) is 28.2. The molecule has 4 atom stereocenters. The summed E-state index contributed by atoms with van der Waals surface area (Å²) in [6, 6.07) is 11.5. The standard InChI is InChI=1S/C27H28N3O8P/c1-5-27(15-14-23(37-27)30-16-18(3)24(31)28-26(30)33)17-36-39(34,29-19(4)25(32)35-6-2)38-22-13-9-11-20-10-7-8-12-21(20)22/h1,7-16,19,23H,6,17H2,2-4H3,(H,29,34)(H,28,31,33)/t19-,23+,27-,39-/m0/s1. The molecule has 0 fully saturated rings. The summed E-state index contributed by atoms with van der Waals surface area (Å²) in [5.74, 6) is 2.07. The highest BCUT2D eigenvalue weighted by atomic mass is 31.2. The lowest BCUT2D eigenvalue weighted by Gasteiger charge is -2.28. The molecule has 12 heteroatoms. The third-order valence-electron chi connectivity index (χ3n) is 5.93. The lowest BCUT2D eigenvalue weighted by atomic mass is 10.1. The molecule has 0 unspecified atom stereocenters. The maximum absolute atomic E-state index is 14.0. The van der Waals surface area contributed by atoms with Gasteiger partial charge in [0.05, 0.1) is 6.61 Å². The third kappa shape index (κ3) is 6.21. The smallest absolute Gasteiger partial charge is 0.459 e. The number of aromatic amines is 1. The number of ether oxygens (including phenoxy) is 2. The first-order valence-corrected chi connectivity index (χ1v) is 13.7. The molecule has 1 aliphatic heterocycles. The molecule has 0 amide bonds. The van der Waals surface area contributed by atoms with Crippen LogP contribution in [0.3, 0.4) is 0 Å². The largest absolute Gasteiger partial charge is 0.465 e. The second-order valence-electron chi connectivity index (χ2n) is 8.82. The van der Waals surface area contributed by atoms with Gasteiger partial charge in [-0.2, -0.15) is 5.09 Å². The van der Waals surface area contributed by atoms with Crippen LogP contribution >= 0.6 is 7.75 Å². The first kappa shape index (κ1) is 28.1. The lowest BCUT2D eigenvalue weighted by molar-refractivity contribution is -0.144. The highest BCUT2D eigenvalue weighted by Crippen LogP contribution is 2.48. The van der Waals surface area contributed by atoms with Crippen LogP contribution in [-0.2, 0) is 23.4 Å². The first-order chi connectivity index (χ1) is 18.6. The number of nitrogens with one attached hydrogen (secondary N) is 2. The minimum absolute atomic E-state index is 0.129. The van der Waals surface area contributed by atoms with Crippen molar-refractivity contribution in [3.63, 3.8) is 0 Å². The molecule has 2 heterocycles. The number of aromatic nitrogens is 2. The molecule has 0 bridgehead atoms. The van der Waals surface area contributed by atoms with E-state index < -0.39 is 49.4 Å². The highest BCUT2D eigenvalue weighted by molar-refractivity contribution is 7.52. The Bertz CT molecular complexity index is 1620. The number of carbonyl (C=O) groups excluding carboxylic acids is 1. The van der Waals surface area contributed by atoms with Gasteiger partial charge in [-0.15, -0.1) is 6.42 Å². The van der Waals surface area contributed by atoms with E-state index in [1.54, 1.807) is 38.1 Å². The van der Waals surface area contributed by atoms with Gasteiger partial charge in [0.25, 0.3) is 5.56 Å². The second-order valence-corrected chi connectivity index (χ2v) is 10.5. The maximum atomic E-state index is 14.0. The Morgan fingerprint density at radius 3 is 2.77 bits per heavy atom. The molecule has 0 radical (unpaired) electrons. The maximum Gasteiger partial charge on any atom is 0.459 e. The molecule has 3 aromatic rings. The predicted molar refractivity (Wildman–Crippen MR) is 144 cm³/mol. The summed E-state index contributed by atoms with van der Waals surface area (Å²) in [6.45, 7) is 4.33. The average Bonchev–Trinajstić information content (AvgIpc) is 3.35. The number of fused-ring (bicyclic) bond motifs is 1. The van der Waals surface area contributed by atoms with E-state index in [-0.39, 0.29) is 12.4 Å². The quantitative estimate of drug-likeness (QED) is 0.168. The van der Waals surface area contributed by atoms with Crippen LogP contribution in [0.4, 0.5) is 0 Å². The fraction of sp³-hybridized carbons (Fsp3) is 0.296. The number of H-pyrrole nitrogens is 1. The molecule has 204 valence electrons. The summed E-state index contributed by atoms with van der Waals surface area (Å²) in [6.07, 6.45) is 9.17. The minimum atomic E-state index is -4.28. The SMILES string of the molecule is C#C[C@@]1(CO[P@@](=O)(N[C@@H](C)C(=O)OCC)Oc2cccc3ccccc23)C=C[C@H](n2cc(C)c(=O)[nH]c2=O)O1. The van der Waals surface area contributed by atoms with Crippen LogP contribution in [-0.4, -0.2) is 40.4 Å². The Balaban J connectivity index is 1.60. The van der Waals surface area contributed by atoms with Crippen molar-refractivity contribution in [3.8, 4) is 18.1 Å². The Morgan fingerprint density at radius 1 is 1.28 bits per heavy atom. The molecular formula is C27H28N3O8P. The van der Waals surface area contributed by atoms with Gasteiger partial charge in [0, 0.05) is 17.1 Å². The summed E-state index contributed by atoms with van der Waals surface area (Å²) in [5.41, 5.74) is -2.45. The van der Waals surface area contributed by atoms with Crippen molar-refractivity contribution in [2.24, 2.45) is 0 Å². The van der Waals surface area contributed by atoms with Crippen LogP contribution < -0.4 is 20.9 Å². The van der Waals surface area contributed by atoms with Crippen LogP contribution in [0.5, 0.6) is 5.75 Å². The predicted octanol–water partition coefficient (Wildman–Crippen LogP) is 3.20. The van der Waals surface area contributed by atoms with E-state index in [0.29, 0.717) is 10.9 Å². The van der Waals surface area contributed by atoms with E-state index in [1.165, 1.54) is 29.8 Å². The number of benzene rings is 2. The van der Waals surface area contributed by atoms with Crippen molar-refractivity contribution in [1.82, 2.24) is 14.6 Å². The van der Waals surface area contributed by atoms with Gasteiger partial charge < -0.3 is 14.0 Å². The monoisotopic (exact) mass is 553 g/mol. The molecule has 0 saturated heterocycles. The third-order valence-corrected chi connectivity index (χ3v) is 7.54. The Labute approximate surface area is 224 Å². The first-order valence-electron chi connectivity index (χ1n) is 12.1. The zero-order valence-corrected chi connectivity index (χ0v) is 22.5. The highest BCUT2D eigenvalue weighted by Gasteiger charge is 2.40. The number of carbonyl (C=O) groups is 1. The summed E-state index contributed by atoms with van der Waals surface area (Å²) >= 11 is 0. The van der Waals surface area contributed by atoms with Crippen LogP contribution in [0.25, 0.3) is 10.8 Å². The Morgan fingerprint density at radius 2 is 2.03 bits per heavy atom. The topological polar surface area (TPSA) is 138 Å². The van der Waals surface area contributed by atoms with Crippen molar-refractivity contribution in [2.45, 2.75) is 38.6 Å². The summed E-state index contributed by atoms with van der Waals surface area (Å²) in [7, 11) is -4.28. The average molecular weight is 554 g/mol. The van der Waals surface area contributed by atoms with Crippen molar-refractivity contribution >= 4 is 24.5 Å². The summed E-state index contributed by atoms with van der Waals surface area (Å²) in [5, 5.41) is 4.13. The number of hydrogen-bond donors (Lipinski definition) is 2. The van der Waals surface area contributed by atoms with Gasteiger partial charge in [-0.3, -0.25) is 23.7 Å². The van der Waals surface area contributed by atoms with Gasteiger partial charge in [0.1, 0.15) is 18.4 Å². The number of aryl methyl sites for hydroxylation is 1. The van der Waals surface area contributed by atoms with Crippen molar-refractivity contribution < 1.29 is 27.9 Å². The molecular weight excluding hydrogens is 525 g/mol. The normalized spacial score (nSPS) is 20.7. The van der Waals surface area contributed by atoms with Gasteiger partial charge in [0.2, 0.25) is 0 Å². The van der Waals surface area contributed by atoms with Gasteiger partial charge in [-0.05, 0) is 44.4 Å². The number of hydrogen-bond acceptors (Lipinski definition) is 8. The van der Waals surface area contributed by atoms with E-state index in [0.717, 1.165) is 5.39 Å². The molecule has 1 aliphatic rings. The number of nitrogens with zero attached hydrogens (tertiary/aromatic N) is 1. The molecule has 39 heavy (non-hydrogen) atoms. The molecule has 1 aromatic heterocycles. The molecule has 2 aromatic carbocycles. The van der Waals surface area contributed by atoms with Crippen molar-refractivity contribution in [3.05, 3.63) is 87.2 Å². The fourth-order valence-corrected chi connectivity index (χ4v) is 5.43. The van der Waals surface area contributed by atoms with Crippen molar-refractivity contribution in [2.75, 3.05) is 13.2 Å². The second kappa shape index (κ2) is 11.4. The molecule has 11 nitrogen and oxygen atoms in total. The van der Waals surface area contributed by atoms with Gasteiger partial charge in [-0.1, -0.05) is 42.3 Å². The summed E-state index contributed by atoms with van der Waals surface area (Å²) < 4.78 is 37.8. The van der Waals surface area contributed by atoms with Crippen LogP contribution in [0.15, 0.2) is 70.4 Å². The van der Waals surface area contributed by atoms with Crippen LogP contribution in [0.2, 0.25) is 0 Å². The Hall–Kier alpha value is -3.94. The van der Waals surface area contributed by atoms with E-state index in [9.17, 15) is 18.9 Å². The summed E-state index contributed by atoms with van der Waals surface area (Å²) in [4.78, 5) is 38.6. The number of esters is 1. The van der Waals surface area contributed by atoms with Gasteiger partial charge in [0.15, 0.2) is 11.8 Å². The number of rotatable bonds is 10. The lowest BCUT2D eigenvalue weighted by Crippen LogP contribution is -2.39. The molecule has 0 spiro atoms. The molecule has 0 aliphatic carbocycles. The van der Waals surface area contributed by atoms with Crippen molar-refractivity contribution in [1.29, 1.82) is 0 Å². The van der Waals surface area contributed by atoms with Crippen LogP contribution in [0, 0.1) is 19.3 Å². The minimum Gasteiger partial charge on any atom is -0.465 e. The van der Waals surface area contributed by atoms with Gasteiger partial charge in [-0.25, -0.2) is 9.36 Å². The zero-order valence-electron chi connectivity index (χ0n) is 21.6. The van der Waals surface area contributed by atoms with Gasteiger partial charge >= 0.3 is 19.4 Å². The fourth-order valence-electron chi connectivity index (χ4n) is 3.90. The van der Waals surface area contributed by atoms with Crippen LogP contribution in [0.1, 0.15) is 25.6 Å². The Kier molecular flexibility index (Phi) is 8.23. The van der Waals surface area contributed by atoms with E-state index in [2.05, 4.69) is 16.0 Å². The molecule has 0 saturated carbocycles. The molecule has 2 N–H and O–H groups in total. The van der Waals surface area contributed by atoms with E-state index in [4.69, 9.17) is 24.9 Å².